The van der Waals surface area contributed by atoms with Crippen LogP contribution in [0.25, 0.3) is 0 Å². The number of methoxy groups -OCH3 is 2. The molecule has 3 aromatic heterocycles. The van der Waals surface area contributed by atoms with Gasteiger partial charge in [0, 0.05) is 48.8 Å². The van der Waals surface area contributed by atoms with Gasteiger partial charge >= 0.3 is 0 Å². The molecule has 10 heteroatoms. The number of nitrogens with one attached hydrogen (secondary N) is 2. The lowest BCUT2D eigenvalue weighted by molar-refractivity contribution is 0.0936. The van der Waals surface area contributed by atoms with Crippen LogP contribution in [0.3, 0.4) is 0 Å². The predicted molar refractivity (Wildman–Crippen MR) is 168 cm³/mol. The number of nitrogens with zero attached hydrogens (tertiary/aromatic N) is 5. The summed E-state index contributed by atoms with van der Waals surface area (Å²) in [5.41, 5.74) is 6.82. The number of rotatable bonds is 10. The van der Waals surface area contributed by atoms with Crippen LogP contribution in [-0.2, 0) is 19.5 Å². The molecular formula is C34H39N7O3. The molecule has 7 rings (SSSR count). The smallest absolute Gasteiger partial charge is 0.254 e. The van der Waals surface area contributed by atoms with E-state index in [9.17, 15) is 4.79 Å². The van der Waals surface area contributed by atoms with Gasteiger partial charge in [-0.2, -0.15) is 5.10 Å². The van der Waals surface area contributed by atoms with Crippen molar-refractivity contribution >= 4 is 17.5 Å². The molecule has 3 aliphatic rings. The van der Waals surface area contributed by atoms with E-state index in [2.05, 4.69) is 45.8 Å². The van der Waals surface area contributed by atoms with Crippen molar-refractivity contribution in [3.8, 4) is 11.5 Å². The zero-order chi connectivity index (χ0) is 30.4. The number of aryl methyl sites for hydroxylation is 2. The van der Waals surface area contributed by atoms with Crippen LogP contribution < -0.4 is 25.0 Å². The number of pyridine rings is 2. The van der Waals surface area contributed by atoms with Gasteiger partial charge in [-0.15, -0.1) is 0 Å². The molecule has 1 saturated carbocycles. The molecule has 228 valence electrons. The highest BCUT2D eigenvalue weighted by atomic mass is 16.5. The number of hydrogen-bond acceptors (Lipinski definition) is 8. The lowest BCUT2D eigenvalue weighted by atomic mass is 10.1. The summed E-state index contributed by atoms with van der Waals surface area (Å²) in [6, 6.07) is 12.1. The fourth-order valence-electron chi connectivity index (χ4n) is 6.70. The Kier molecular flexibility index (Phi) is 7.35. The molecule has 44 heavy (non-hydrogen) atoms. The fourth-order valence-corrected chi connectivity index (χ4v) is 6.70. The number of hydrogen-bond donors (Lipinski definition) is 2. The molecule has 0 bridgehead atoms. The first-order valence-corrected chi connectivity index (χ1v) is 15.4. The van der Waals surface area contributed by atoms with E-state index in [1.54, 1.807) is 20.4 Å². The standard InChI is InChI=1S/C34H39N7O3/c1-20-11-29-28(33(37-20)35-14-22-5-7-27(43-3)13-31(22)44-4)8-9-30(29)39-34(42)26-15-36-41(19-26)18-23-6-10-32(38-21(23)2)40-16-24-12-25(24)17-40/h5-7,10-11,13,15,19,24-25,30H,8-9,12,14,16-18H2,1-4H3,(H,35,37)(H,39,42)/t24?,25?,30-/m1/s1. The lowest BCUT2D eigenvalue weighted by Gasteiger charge is -2.20. The van der Waals surface area contributed by atoms with Crippen molar-refractivity contribution in [2.24, 2.45) is 11.8 Å². The van der Waals surface area contributed by atoms with Crippen LogP contribution in [0.5, 0.6) is 11.5 Å². The number of aromatic nitrogens is 4. The molecule has 2 unspecified atom stereocenters. The molecular weight excluding hydrogens is 554 g/mol. The molecule has 2 aliphatic carbocycles. The number of ether oxygens (including phenoxy) is 2. The van der Waals surface area contributed by atoms with Crippen molar-refractivity contribution in [3.63, 3.8) is 0 Å². The van der Waals surface area contributed by atoms with Gasteiger partial charge in [-0.1, -0.05) is 6.07 Å². The Labute approximate surface area is 257 Å². The van der Waals surface area contributed by atoms with Crippen LogP contribution in [0.2, 0.25) is 0 Å². The summed E-state index contributed by atoms with van der Waals surface area (Å²) in [7, 11) is 3.30. The summed E-state index contributed by atoms with van der Waals surface area (Å²) in [6.45, 7) is 7.43. The van der Waals surface area contributed by atoms with E-state index >= 15 is 0 Å². The van der Waals surface area contributed by atoms with Gasteiger partial charge in [0.1, 0.15) is 23.1 Å². The third-order valence-corrected chi connectivity index (χ3v) is 9.30. The van der Waals surface area contributed by atoms with Gasteiger partial charge in [0.05, 0.1) is 38.6 Å². The quantitative estimate of drug-likeness (QED) is 0.269. The molecule has 1 aromatic carbocycles. The highest BCUT2D eigenvalue weighted by molar-refractivity contribution is 5.94. The van der Waals surface area contributed by atoms with Gasteiger partial charge in [-0.25, -0.2) is 9.97 Å². The van der Waals surface area contributed by atoms with Crippen molar-refractivity contribution in [3.05, 3.63) is 88.0 Å². The second-order valence-electron chi connectivity index (χ2n) is 12.3. The average molecular weight is 594 g/mol. The third-order valence-electron chi connectivity index (χ3n) is 9.30. The van der Waals surface area contributed by atoms with Gasteiger partial charge in [-0.05, 0) is 85.9 Å². The Morgan fingerprint density at radius 1 is 1.02 bits per heavy atom. The van der Waals surface area contributed by atoms with E-state index in [0.717, 1.165) is 94.5 Å². The Balaban J connectivity index is 1.000. The number of benzene rings is 1. The normalized spacial score (nSPS) is 19.8. The van der Waals surface area contributed by atoms with Gasteiger partial charge in [0.25, 0.3) is 5.91 Å². The largest absolute Gasteiger partial charge is 0.497 e. The van der Waals surface area contributed by atoms with Crippen LogP contribution in [0, 0.1) is 25.7 Å². The number of piperidine rings is 1. The molecule has 1 saturated heterocycles. The third kappa shape index (κ3) is 5.56. The summed E-state index contributed by atoms with van der Waals surface area (Å²) in [6.07, 6.45) is 6.49. The van der Waals surface area contributed by atoms with Crippen molar-refractivity contribution in [2.75, 3.05) is 37.5 Å². The lowest BCUT2D eigenvalue weighted by Crippen LogP contribution is -2.27. The summed E-state index contributed by atoms with van der Waals surface area (Å²) >= 11 is 0. The first kappa shape index (κ1) is 28.2. The summed E-state index contributed by atoms with van der Waals surface area (Å²) in [5, 5.41) is 11.2. The van der Waals surface area contributed by atoms with Crippen LogP contribution in [0.1, 0.15) is 62.9 Å². The molecule has 3 atom stereocenters. The minimum Gasteiger partial charge on any atom is -0.497 e. The topological polar surface area (TPSA) is 106 Å². The summed E-state index contributed by atoms with van der Waals surface area (Å²) < 4.78 is 12.7. The SMILES string of the molecule is COc1ccc(CNc2nc(C)cc3c2CC[C@H]3NC(=O)c2cnn(Cc3ccc(N4CC5CC5C4)nc3C)c2)c(OC)c1. The number of amides is 1. The van der Waals surface area contributed by atoms with E-state index in [1.807, 2.05) is 36.0 Å². The van der Waals surface area contributed by atoms with E-state index < -0.39 is 0 Å². The first-order chi connectivity index (χ1) is 21.4. The summed E-state index contributed by atoms with van der Waals surface area (Å²) in [5.74, 6) is 5.04. The van der Waals surface area contributed by atoms with Crippen LogP contribution in [-0.4, -0.2) is 53.0 Å². The zero-order valence-electron chi connectivity index (χ0n) is 25.8. The van der Waals surface area contributed by atoms with Crippen molar-refractivity contribution < 1.29 is 14.3 Å². The first-order valence-electron chi connectivity index (χ1n) is 15.4. The van der Waals surface area contributed by atoms with Crippen LogP contribution >= 0.6 is 0 Å². The average Bonchev–Trinajstić information content (AvgIpc) is 3.36. The number of carbonyl (C=O) groups is 1. The van der Waals surface area contributed by atoms with Crippen LogP contribution in [0.15, 0.2) is 48.8 Å². The Morgan fingerprint density at radius 2 is 1.84 bits per heavy atom. The van der Waals surface area contributed by atoms with E-state index in [4.69, 9.17) is 19.4 Å². The van der Waals surface area contributed by atoms with Gasteiger partial charge in [-0.3, -0.25) is 9.48 Å². The highest BCUT2D eigenvalue weighted by Crippen LogP contribution is 2.46. The van der Waals surface area contributed by atoms with Gasteiger partial charge in [0.15, 0.2) is 0 Å². The maximum absolute atomic E-state index is 13.3. The molecule has 4 heterocycles. The predicted octanol–water partition coefficient (Wildman–Crippen LogP) is 4.84. The minimum absolute atomic E-state index is 0.0887. The van der Waals surface area contributed by atoms with Gasteiger partial charge < -0.3 is 25.0 Å². The molecule has 4 aromatic rings. The fraction of sp³-hybridized carbons (Fsp3) is 0.412. The monoisotopic (exact) mass is 593 g/mol. The Morgan fingerprint density at radius 3 is 2.61 bits per heavy atom. The van der Waals surface area contributed by atoms with E-state index in [1.165, 1.54) is 6.42 Å². The maximum atomic E-state index is 13.3. The molecule has 1 aliphatic heterocycles. The Bertz CT molecular complexity index is 1710. The zero-order valence-corrected chi connectivity index (χ0v) is 25.8. The second-order valence-corrected chi connectivity index (χ2v) is 12.3. The molecule has 2 N–H and O–H groups in total. The highest BCUT2D eigenvalue weighted by Gasteiger charge is 2.45. The number of fused-ring (bicyclic) bond motifs is 2. The molecule has 0 spiro atoms. The maximum Gasteiger partial charge on any atom is 0.254 e. The molecule has 0 radical (unpaired) electrons. The van der Waals surface area contributed by atoms with Crippen molar-refractivity contribution in [1.82, 2.24) is 25.1 Å². The van der Waals surface area contributed by atoms with E-state index in [-0.39, 0.29) is 11.9 Å². The van der Waals surface area contributed by atoms with Gasteiger partial charge in [0.2, 0.25) is 0 Å². The number of anilines is 2. The molecule has 1 amide bonds. The van der Waals surface area contributed by atoms with Crippen molar-refractivity contribution in [1.29, 1.82) is 0 Å². The van der Waals surface area contributed by atoms with E-state index in [0.29, 0.717) is 18.7 Å². The second kappa shape index (κ2) is 11.5. The molecule has 10 nitrogen and oxygen atoms in total. The van der Waals surface area contributed by atoms with Crippen molar-refractivity contribution in [2.45, 2.75) is 52.2 Å². The van der Waals surface area contributed by atoms with Crippen LogP contribution in [0.4, 0.5) is 11.6 Å². The minimum atomic E-state index is -0.126. The number of carbonyl (C=O) groups excluding carboxylic acids is 1. The Hall–Kier alpha value is -4.60. The molecule has 2 fully saturated rings. The summed E-state index contributed by atoms with van der Waals surface area (Å²) in [4.78, 5) is 25.4.